The summed E-state index contributed by atoms with van der Waals surface area (Å²) in [6.45, 7) is 5.13. The first-order valence-corrected chi connectivity index (χ1v) is 13.5. The molecule has 5 aromatic rings. The fourth-order valence-electron chi connectivity index (χ4n) is 5.29. The Morgan fingerprint density at radius 3 is 2.20 bits per heavy atom. The molecule has 8 heteroatoms. The van der Waals surface area contributed by atoms with Crippen molar-refractivity contribution in [2.75, 3.05) is 17.4 Å². The second kappa shape index (κ2) is 10.7. The molecule has 2 heterocycles. The number of amides is 1. The molecule has 0 aliphatic carbocycles. The Balaban J connectivity index is 1.35. The Labute approximate surface area is 233 Å². The van der Waals surface area contributed by atoms with E-state index in [1.807, 2.05) is 24.3 Å². The number of hydrazine groups is 2. The van der Waals surface area contributed by atoms with E-state index in [1.165, 1.54) is 11.1 Å². The lowest BCUT2D eigenvalue weighted by Crippen LogP contribution is -2.37. The lowest BCUT2D eigenvalue weighted by atomic mass is 10.0. The minimum absolute atomic E-state index is 0.152. The number of anilines is 2. The zero-order valence-corrected chi connectivity index (χ0v) is 22.7. The summed E-state index contributed by atoms with van der Waals surface area (Å²) in [5.74, 6) is -0.152. The van der Waals surface area contributed by atoms with Crippen LogP contribution in [0.2, 0.25) is 0 Å². The number of para-hydroxylation sites is 2. The summed E-state index contributed by atoms with van der Waals surface area (Å²) in [5, 5.41) is 12.5. The van der Waals surface area contributed by atoms with Gasteiger partial charge in [-0.05, 0) is 61.7 Å². The Morgan fingerprint density at radius 1 is 0.825 bits per heavy atom. The van der Waals surface area contributed by atoms with E-state index in [-0.39, 0.29) is 11.9 Å². The predicted octanol–water partition coefficient (Wildman–Crippen LogP) is 5.06. The molecule has 202 valence electrons. The first-order chi connectivity index (χ1) is 19.5. The first-order valence-electron chi connectivity index (χ1n) is 13.5. The molecule has 5 N–H and O–H groups in total. The van der Waals surface area contributed by atoms with Gasteiger partial charge in [0.15, 0.2) is 0 Å². The molecule has 8 nitrogen and oxygen atoms in total. The normalized spacial score (nSPS) is 12.9. The number of rotatable bonds is 8. The van der Waals surface area contributed by atoms with Gasteiger partial charge in [-0.3, -0.25) is 10.2 Å². The van der Waals surface area contributed by atoms with Gasteiger partial charge in [-0.25, -0.2) is 0 Å². The maximum atomic E-state index is 13.3. The van der Waals surface area contributed by atoms with Gasteiger partial charge < -0.3 is 25.3 Å². The molecular formula is C32H33N7O. The van der Waals surface area contributed by atoms with E-state index >= 15 is 0 Å². The van der Waals surface area contributed by atoms with Gasteiger partial charge in [0.1, 0.15) is 0 Å². The van der Waals surface area contributed by atoms with E-state index < -0.39 is 0 Å². The summed E-state index contributed by atoms with van der Waals surface area (Å²) >= 11 is 0. The monoisotopic (exact) mass is 531 g/mol. The van der Waals surface area contributed by atoms with Crippen molar-refractivity contribution in [3.8, 4) is 0 Å². The number of nitrogens with zero attached hydrogens (tertiary/aromatic N) is 2. The van der Waals surface area contributed by atoms with Gasteiger partial charge in [-0.15, -0.1) is 5.53 Å². The smallest absolute Gasteiger partial charge is 0.251 e. The molecule has 1 unspecified atom stereocenters. The molecule has 4 aromatic carbocycles. The zero-order chi connectivity index (χ0) is 27.6. The van der Waals surface area contributed by atoms with Gasteiger partial charge in [-0.2, -0.15) is 0 Å². The highest BCUT2D eigenvalue weighted by molar-refractivity contribution is 5.96. The van der Waals surface area contributed by atoms with Crippen molar-refractivity contribution in [1.82, 2.24) is 20.0 Å². The number of hydrogen-bond donors (Lipinski definition) is 5. The second-order valence-corrected chi connectivity index (χ2v) is 10.4. The standard InChI is InChI=1S/C32H33N7O/c1-21-7-11-23(12-8-21)17-26(19-34-31(40)25-15-16-27-28(18-25)36-37-35-27)39-30-6-4-3-5-29(30)38(32(39)33)20-24-13-9-22(2)10-14-24/h3-16,18,26,33,35-37H,17,19-20H2,1-2H3,(H,34,40). The molecule has 1 aliphatic rings. The van der Waals surface area contributed by atoms with Crippen LogP contribution in [0.4, 0.5) is 11.4 Å². The van der Waals surface area contributed by atoms with Crippen LogP contribution in [0.3, 0.4) is 0 Å². The lowest BCUT2D eigenvalue weighted by Gasteiger charge is -2.21. The van der Waals surface area contributed by atoms with Gasteiger partial charge in [-0.1, -0.05) is 71.8 Å². The van der Waals surface area contributed by atoms with Gasteiger partial charge in [0.2, 0.25) is 5.62 Å². The number of nitrogens with one attached hydrogen (secondary N) is 5. The summed E-state index contributed by atoms with van der Waals surface area (Å²) in [6, 6.07) is 30.4. The maximum absolute atomic E-state index is 13.3. The number of carbonyl (C=O) groups is 1. The highest BCUT2D eigenvalue weighted by Gasteiger charge is 2.21. The molecule has 0 radical (unpaired) electrons. The molecule has 1 aliphatic heterocycles. The quantitative estimate of drug-likeness (QED) is 0.193. The lowest BCUT2D eigenvalue weighted by molar-refractivity contribution is 0.0947. The summed E-state index contributed by atoms with van der Waals surface area (Å²) in [4.78, 5) is 13.3. The van der Waals surface area contributed by atoms with E-state index in [4.69, 9.17) is 0 Å². The van der Waals surface area contributed by atoms with Crippen molar-refractivity contribution < 1.29 is 4.79 Å². The average Bonchev–Trinajstić information content (AvgIpc) is 3.55. The first kappa shape index (κ1) is 25.5. The summed E-state index contributed by atoms with van der Waals surface area (Å²) in [5.41, 5.74) is 18.2. The van der Waals surface area contributed by atoms with Crippen molar-refractivity contribution >= 4 is 28.3 Å². The number of fused-ring (bicyclic) bond motifs is 2. The highest BCUT2D eigenvalue weighted by Crippen LogP contribution is 2.26. The van der Waals surface area contributed by atoms with E-state index in [9.17, 15) is 10.2 Å². The van der Waals surface area contributed by atoms with Crippen molar-refractivity contribution in [2.24, 2.45) is 0 Å². The Morgan fingerprint density at radius 2 is 1.48 bits per heavy atom. The van der Waals surface area contributed by atoms with Crippen LogP contribution < -0.4 is 27.3 Å². The minimum Gasteiger partial charge on any atom is -0.350 e. The van der Waals surface area contributed by atoms with E-state index in [0.29, 0.717) is 30.7 Å². The Kier molecular flexibility index (Phi) is 6.84. The molecule has 0 saturated heterocycles. The predicted molar refractivity (Wildman–Crippen MR) is 159 cm³/mol. The number of benzene rings is 4. The molecular weight excluding hydrogens is 498 g/mol. The van der Waals surface area contributed by atoms with Crippen molar-refractivity contribution in [2.45, 2.75) is 32.9 Å². The van der Waals surface area contributed by atoms with Crippen LogP contribution in [-0.2, 0) is 13.0 Å². The highest BCUT2D eigenvalue weighted by atomic mass is 16.1. The SMILES string of the molecule is Cc1ccc(CC(CNC(=O)c2ccc3c(c2)NNN3)n2c(=N)n(Cc3ccc(C)cc3)c3ccccc32)cc1. The van der Waals surface area contributed by atoms with Crippen LogP contribution in [0.5, 0.6) is 0 Å². The third-order valence-corrected chi connectivity index (χ3v) is 7.51. The second-order valence-electron chi connectivity index (χ2n) is 10.4. The van der Waals surface area contributed by atoms with Crippen LogP contribution in [0, 0.1) is 19.3 Å². The number of aryl methyl sites for hydroxylation is 2. The third kappa shape index (κ3) is 5.09. The molecule has 0 saturated carbocycles. The van der Waals surface area contributed by atoms with Gasteiger partial charge >= 0.3 is 0 Å². The minimum atomic E-state index is -0.167. The van der Waals surface area contributed by atoms with Gasteiger partial charge in [0.05, 0.1) is 35.0 Å². The molecule has 1 amide bonds. The summed E-state index contributed by atoms with van der Waals surface area (Å²) in [7, 11) is 0. The van der Waals surface area contributed by atoms with Crippen LogP contribution in [0.25, 0.3) is 11.0 Å². The Hall–Kier alpha value is -4.82. The van der Waals surface area contributed by atoms with Crippen LogP contribution in [0.15, 0.2) is 91.0 Å². The number of hydrogen-bond acceptors (Lipinski definition) is 5. The maximum Gasteiger partial charge on any atom is 0.251 e. The topological polar surface area (TPSA) is 98.9 Å². The van der Waals surface area contributed by atoms with E-state index in [0.717, 1.165) is 33.5 Å². The average molecular weight is 532 g/mol. The van der Waals surface area contributed by atoms with Crippen molar-refractivity contribution in [3.63, 3.8) is 0 Å². The van der Waals surface area contributed by atoms with Gasteiger partial charge in [0.25, 0.3) is 5.91 Å². The Bertz CT molecular complexity index is 1730. The zero-order valence-electron chi connectivity index (χ0n) is 22.7. The number of carbonyl (C=O) groups excluding carboxylic acids is 1. The summed E-state index contributed by atoms with van der Waals surface area (Å²) < 4.78 is 4.12. The van der Waals surface area contributed by atoms with Crippen LogP contribution >= 0.6 is 0 Å². The molecule has 0 fully saturated rings. The fraction of sp³-hybridized carbons (Fsp3) is 0.188. The van der Waals surface area contributed by atoms with Crippen LogP contribution in [0.1, 0.15) is 38.7 Å². The molecule has 1 aromatic heterocycles. The largest absolute Gasteiger partial charge is 0.350 e. The molecule has 1 atom stereocenters. The number of aromatic nitrogens is 2. The van der Waals surface area contributed by atoms with E-state index in [1.54, 1.807) is 6.07 Å². The molecule has 0 bridgehead atoms. The molecule has 6 rings (SSSR count). The number of imidazole rings is 1. The summed E-state index contributed by atoms with van der Waals surface area (Å²) in [6.07, 6.45) is 0.676. The fourth-order valence-corrected chi connectivity index (χ4v) is 5.29. The molecule has 40 heavy (non-hydrogen) atoms. The third-order valence-electron chi connectivity index (χ3n) is 7.51. The van der Waals surface area contributed by atoms with Crippen LogP contribution in [-0.4, -0.2) is 21.6 Å². The van der Waals surface area contributed by atoms with Crippen molar-refractivity contribution in [3.05, 3.63) is 124 Å². The van der Waals surface area contributed by atoms with Crippen molar-refractivity contribution in [1.29, 1.82) is 5.41 Å². The van der Waals surface area contributed by atoms with E-state index in [2.05, 4.69) is 105 Å². The van der Waals surface area contributed by atoms with Gasteiger partial charge in [0, 0.05) is 12.1 Å². The molecule has 0 spiro atoms.